The quantitative estimate of drug-likeness (QED) is 0.554. The van der Waals surface area contributed by atoms with Crippen molar-refractivity contribution in [1.82, 2.24) is 30.1 Å². The summed E-state index contributed by atoms with van der Waals surface area (Å²) in [6.45, 7) is 5.05. The van der Waals surface area contributed by atoms with Crippen LogP contribution in [0.3, 0.4) is 0 Å². The largest absolute Gasteiger partial charge is 0.326 e. The first-order valence-electron chi connectivity index (χ1n) is 6.92. The maximum Gasteiger partial charge on any atom is 0.269 e. The highest BCUT2D eigenvalue weighted by Gasteiger charge is 1.86. The molecule has 0 saturated carbocycles. The van der Waals surface area contributed by atoms with Crippen molar-refractivity contribution >= 4 is 0 Å². The third kappa shape index (κ3) is 6.60. The topological polar surface area (TPSA) is 137 Å². The summed E-state index contributed by atoms with van der Waals surface area (Å²) in [6.07, 6.45) is 7.47. The molecular weight excluding hydrogens is 312 g/mol. The van der Waals surface area contributed by atoms with Crippen LogP contribution in [-0.2, 0) is 0 Å². The Hall–Kier alpha value is -3.36. The molecule has 3 aromatic rings. The zero-order valence-corrected chi connectivity index (χ0v) is 13.5. The predicted molar refractivity (Wildman–Crippen MR) is 93.0 cm³/mol. The fourth-order valence-corrected chi connectivity index (χ4v) is 1.27. The summed E-state index contributed by atoms with van der Waals surface area (Å²) in [6, 6.07) is 1.45. The van der Waals surface area contributed by atoms with Crippen LogP contribution in [0.4, 0.5) is 0 Å². The average Bonchev–Trinajstić information content (AvgIpc) is 2.57. The molecular formula is C15H22N6O3. The molecule has 0 aromatic carbocycles. The molecule has 0 amide bonds. The average molecular weight is 334 g/mol. The van der Waals surface area contributed by atoms with Crippen molar-refractivity contribution in [3.05, 3.63) is 85.1 Å². The standard InChI is InChI=1S/3C5H6N2O.2H2/c1-4-2-6-3-7-5(4)8;1-4-5(8)7-3-2-6-4;1-4-5(8)2-3-6-7-4;;/h2-3H,1H3,(H,6,7,8);2-3H,1H3,(H,7,8);2-3H,1H3,(H,6,8);2*1H. The molecule has 0 aliphatic carbocycles. The molecule has 9 nitrogen and oxygen atoms in total. The number of H-pyrrole nitrogens is 3. The lowest BCUT2D eigenvalue weighted by Crippen LogP contribution is -2.08. The van der Waals surface area contributed by atoms with Crippen molar-refractivity contribution < 1.29 is 2.85 Å². The van der Waals surface area contributed by atoms with E-state index in [9.17, 15) is 14.4 Å². The third-order valence-corrected chi connectivity index (χ3v) is 2.68. The molecule has 3 rings (SSSR count). The molecule has 9 heteroatoms. The van der Waals surface area contributed by atoms with Gasteiger partial charge in [0.2, 0.25) is 5.43 Å². The number of rotatable bonds is 0. The van der Waals surface area contributed by atoms with Crippen LogP contribution in [0.25, 0.3) is 0 Å². The molecule has 0 aliphatic rings. The Morgan fingerprint density at radius 1 is 0.958 bits per heavy atom. The zero-order valence-electron chi connectivity index (χ0n) is 13.5. The summed E-state index contributed by atoms with van der Waals surface area (Å²) in [5.41, 5.74) is 1.45. The Bertz CT molecular complexity index is 816. The van der Waals surface area contributed by atoms with Gasteiger partial charge in [-0.2, -0.15) is 5.10 Å². The van der Waals surface area contributed by atoms with Crippen LogP contribution in [-0.4, -0.2) is 30.1 Å². The van der Waals surface area contributed by atoms with Crippen LogP contribution in [0.5, 0.6) is 0 Å². The van der Waals surface area contributed by atoms with Crippen molar-refractivity contribution in [3.8, 4) is 0 Å². The zero-order chi connectivity index (χ0) is 17.9. The summed E-state index contributed by atoms with van der Waals surface area (Å²) in [5.74, 6) is 0. The van der Waals surface area contributed by atoms with Gasteiger partial charge in [-0.05, 0) is 20.8 Å². The van der Waals surface area contributed by atoms with Crippen molar-refractivity contribution in [2.24, 2.45) is 0 Å². The van der Waals surface area contributed by atoms with E-state index in [2.05, 4.69) is 30.1 Å². The van der Waals surface area contributed by atoms with Gasteiger partial charge < -0.3 is 9.97 Å². The third-order valence-electron chi connectivity index (χ3n) is 2.68. The highest BCUT2D eigenvalue weighted by Crippen LogP contribution is 1.76. The maximum atomic E-state index is 10.5. The first-order chi connectivity index (χ1) is 11.4. The SMILES string of the molecule is Cc1cnc[nH]c1=O.Cc1n[nH]ccc1=O.Cc1ncc[nH]c1=O.[HH].[HH]. The van der Waals surface area contributed by atoms with Crippen LogP contribution in [0.1, 0.15) is 19.8 Å². The molecule has 0 radical (unpaired) electrons. The van der Waals surface area contributed by atoms with Crippen LogP contribution in [0, 0.1) is 20.8 Å². The van der Waals surface area contributed by atoms with Gasteiger partial charge in [0.1, 0.15) is 11.4 Å². The van der Waals surface area contributed by atoms with Crippen LogP contribution >= 0.6 is 0 Å². The molecule has 0 saturated heterocycles. The lowest BCUT2D eigenvalue weighted by Gasteiger charge is -1.83. The Morgan fingerprint density at radius 3 is 2.08 bits per heavy atom. The Morgan fingerprint density at radius 2 is 1.71 bits per heavy atom. The Balaban J connectivity index is 0. The van der Waals surface area contributed by atoms with Gasteiger partial charge in [-0.15, -0.1) is 0 Å². The van der Waals surface area contributed by atoms with Gasteiger partial charge in [0.25, 0.3) is 11.1 Å². The van der Waals surface area contributed by atoms with Gasteiger partial charge in [-0.1, -0.05) is 0 Å². The van der Waals surface area contributed by atoms with E-state index in [4.69, 9.17) is 0 Å². The Kier molecular flexibility index (Phi) is 7.49. The van der Waals surface area contributed by atoms with Crippen LogP contribution in [0.2, 0.25) is 0 Å². The van der Waals surface area contributed by atoms with E-state index >= 15 is 0 Å². The van der Waals surface area contributed by atoms with E-state index in [-0.39, 0.29) is 19.4 Å². The second-order valence-electron chi connectivity index (χ2n) is 4.59. The number of aromatic amines is 3. The molecule has 0 atom stereocenters. The lowest BCUT2D eigenvalue weighted by atomic mass is 10.4. The number of hydrogen-bond acceptors (Lipinski definition) is 6. The number of aromatic nitrogens is 6. The molecule has 0 bridgehead atoms. The fourth-order valence-electron chi connectivity index (χ4n) is 1.27. The summed E-state index contributed by atoms with van der Waals surface area (Å²) >= 11 is 0. The molecule has 0 fully saturated rings. The fraction of sp³-hybridized carbons (Fsp3) is 0.200. The molecule has 3 aromatic heterocycles. The number of hydrogen-bond donors (Lipinski definition) is 3. The van der Waals surface area contributed by atoms with Gasteiger partial charge in [-0.25, -0.2) is 4.98 Å². The monoisotopic (exact) mass is 334 g/mol. The Labute approximate surface area is 139 Å². The van der Waals surface area contributed by atoms with E-state index in [0.717, 1.165) is 0 Å². The summed E-state index contributed by atoms with van der Waals surface area (Å²) in [7, 11) is 0. The van der Waals surface area contributed by atoms with E-state index in [1.165, 1.54) is 31.0 Å². The maximum absolute atomic E-state index is 10.5. The molecule has 3 heterocycles. The second-order valence-corrected chi connectivity index (χ2v) is 4.59. The van der Waals surface area contributed by atoms with Gasteiger partial charge in [0.05, 0.1) is 6.33 Å². The minimum atomic E-state index is -0.118. The second kappa shape index (κ2) is 9.62. The van der Waals surface area contributed by atoms with Gasteiger partial charge in [0.15, 0.2) is 0 Å². The smallest absolute Gasteiger partial charge is 0.269 e. The lowest BCUT2D eigenvalue weighted by molar-refractivity contribution is 0.964. The van der Waals surface area contributed by atoms with Crippen LogP contribution < -0.4 is 16.5 Å². The number of aryl methyl sites for hydroxylation is 3. The minimum absolute atomic E-state index is 0. The molecule has 130 valence electrons. The van der Waals surface area contributed by atoms with Gasteiger partial charge in [-0.3, -0.25) is 24.5 Å². The number of nitrogens with zero attached hydrogens (tertiary/aromatic N) is 3. The summed E-state index contributed by atoms with van der Waals surface area (Å²) < 4.78 is 0. The summed E-state index contributed by atoms with van der Waals surface area (Å²) in [4.78, 5) is 43.9. The van der Waals surface area contributed by atoms with E-state index in [0.29, 0.717) is 17.0 Å². The predicted octanol–water partition coefficient (Wildman–Crippen LogP) is 0.727. The van der Waals surface area contributed by atoms with Crippen molar-refractivity contribution in [2.45, 2.75) is 20.8 Å². The highest BCUT2D eigenvalue weighted by atomic mass is 16.1. The van der Waals surface area contributed by atoms with E-state index in [1.54, 1.807) is 27.0 Å². The van der Waals surface area contributed by atoms with Crippen molar-refractivity contribution in [2.75, 3.05) is 0 Å². The van der Waals surface area contributed by atoms with E-state index < -0.39 is 0 Å². The molecule has 0 spiro atoms. The van der Waals surface area contributed by atoms with Crippen molar-refractivity contribution in [1.29, 1.82) is 0 Å². The first kappa shape index (κ1) is 18.7. The summed E-state index contributed by atoms with van der Waals surface area (Å²) in [5, 5.41) is 6.19. The normalized spacial score (nSPS) is 9.12. The molecule has 0 aliphatic heterocycles. The van der Waals surface area contributed by atoms with Crippen LogP contribution in [0.15, 0.2) is 51.6 Å². The van der Waals surface area contributed by atoms with Gasteiger partial charge >= 0.3 is 0 Å². The minimum Gasteiger partial charge on any atom is -0.326 e. The molecule has 3 N–H and O–H groups in total. The highest BCUT2D eigenvalue weighted by molar-refractivity contribution is 4.98. The van der Waals surface area contributed by atoms with Gasteiger partial charge in [0, 0.05) is 39.3 Å². The molecule has 24 heavy (non-hydrogen) atoms. The first-order valence-corrected chi connectivity index (χ1v) is 6.92. The van der Waals surface area contributed by atoms with Crippen molar-refractivity contribution in [3.63, 3.8) is 0 Å². The van der Waals surface area contributed by atoms with E-state index in [1.807, 2.05) is 0 Å². The molecule has 0 unspecified atom stereocenters. The number of nitrogens with one attached hydrogen (secondary N) is 3.